The quantitative estimate of drug-likeness (QED) is 0.627. The molecule has 1 saturated carbocycles. The number of nitrogens with two attached hydrogens (primary N) is 1. The van der Waals surface area contributed by atoms with Crippen molar-refractivity contribution in [3.63, 3.8) is 0 Å². The van der Waals surface area contributed by atoms with Gasteiger partial charge in [0.15, 0.2) is 6.61 Å². The number of hydrogen-bond donors (Lipinski definition) is 2. The fraction of sp³-hybridized carbons (Fsp3) is 0.500. The molecule has 1 aliphatic carbocycles. The van der Waals surface area contributed by atoms with E-state index in [4.69, 9.17) is 15.3 Å². The van der Waals surface area contributed by atoms with Gasteiger partial charge in [-0.25, -0.2) is 0 Å². The van der Waals surface area contributed by atoms with Gasteiger partial charge in [0.2, 0.25) is 5.60 Å². The summed E-state index contributed by atoms with van der Waals surface area (Å²) in [6.45, 7) is -0.237. The van der Waals surface area contributed by atoms with Crippen LogP contribution in [0.3, 0.4) is 0 Å². The van der Waals surface area contributed by atoms with Crippen molar-refractivity contribution in [2.75, 3.05) is 6.61 Å². The third kappa shape index (κ3) is 5.24. The van der Waals surface area contributed by atoms with E-state index in [2.05, 4.69) is 10.5 Å². The van der Waals surface area contributed by atoms with Crippen LogP contribution < -0.4 is 20.9 Å². The molecule has 1 fully saturated rings. The number of rotatable bonds is 8. The molecule has 9 nitrogen and oxygen atoms in total. The number of nitrogens with zero attached hydrogens (tertiary/aromatic N) is 1. The molecule has 3 N–H and O–H groups in total. The Morgan fingerprint density at radius 3 is 2.52 bits per heavy atom. The summed E-state index contributed by atoms with van der Waals surface area (Å²) in [5.41, 5.74) is 4.53. The summed E-state index contributed by atoms with van der Waals surface area (Å²) < 4.78 is 5.21. The van der Waals surface area contributed by atoms with Crippen molar-refractivity contribution in [3.8, 4) is 5.75 Å². The fourth-order valence-corrected chi connectivity index (χ4v) is 3.62. The van der Waals surface area contributed by atoms with Crippen molar-refractivity contribution in [2.24, 2.45) is 10.9 Å². The first-order valence-electron chi connectivity index (χ1n) is 9.65. The number of oxime groups is 1. The number of carbonyl (C=O) groups is 3. The summed E-state index contributed by atoms with van der Waals surface area (Å²) in [4.78, 5) is 40.4. The third-order valence-electron chi connectivity index (χ3n) is 5.14. The maximum absolute atomic E-state index is 12.9. The zero-order valence-corrected chi connectivity index (χ0v) is 16.0. The number of carboxylic acids is 1. The van der Waals surface area contributed by atoms with Crippen molar-refractivity contribution in [1.82, 2.24) is 5.32 Å². The van der Waals surface area contributed by atoms with Crippen LogP contribution in [0.25, 0.3) is 0 Å². The molecule has 1 aromatic carbocycles. The van der Waals surface area contributed by atoms with E-state index in [1.54, 1.807) is 24.3 Å². The van der Waals surface area contributed by atoms with E-state index in [0.717, 1.165) is 32.1 Å². The average Bonchev–Trinajstić information content (AvgIpc) is 3.12. The summed E-state index contributed by atoms with van der Waals surface area (Å²) in [6.07, 6.45) is 4.37. The summed E-state index contributed by atoms with van der Waals surface area (Å²) in [7, 11) is 0. The number of primary amides is 1. The van der Waals surface area contributed by atoms with E-state index in [0.29, 0.717) is 17.0 Å². The minimum absolute atomic E-state index is 0.0149. The number of carboxylic acid groups (broad SMARTS) is 1. The second kappa shape index (κ2) is 8.93. The molecule has 2 amide bonds. The SMILES string of the molecule is NC(=O)COc1ccc(C2=NO[C@@](CC(=O)[O-])(C(=O)NC3CCCCC3)C2)cc1. The first kappa shape index (κ1) is 20.6. The molecule has 1 aliphatic heterocycles. The van der Waals surface area contributed by atoms with E-state index in [1.807, 2.05) is 0 Å². The molecule has 0 spiro atoms. The van der Waals surface area contributed by atoms with Crippen LogP contribution >= 0.6 is 0 Å². The Kier molecular flexibility index (Phi) is 6.36. The number of carbonyl (C=O) groups excluding carboxylic acids is 3. The molecule has 2 aliphatic rings. The van der Waals surface area contributed by atoms with Crippen LogP contribution in [0.2, 0.25) is 0 Å². The molecule has 1 aromatic rings. The molecular weight excluding hydrogens is 378 g/mol. The van der Waals surface area contributed by atoms with Crippen LogP contribution in [-0.2, 0) is 19.2 Å². The van der Waals surface area contributed by atoms with Gasteiger partial charge >= 0.3 is 0 Å². The molecule has 1 heterocycles. The Labute approximate surface area is 168 Å². The predicted octanol–water partition coefficient (Wildman–Crippen LogP) is 0.00280. The predicted molar refractivity (Wildman–Crippen MR) is 101 cm³/mol. The number of nitrogens with one attached hydrogen (secondary N) is 1. The Hall–Kier alpha value is -3.10. The summed E-state index contributed by atoms with van der Waals surface area (Å²) in [5, 5.41) is 18.2. The lowest BCUT2D eigenvalue weighted by molar-refractivity contribution is -0.309. The Morgan fingerprint density at radius 1 is 1.21 bits per heavy atom. The van der Waals surface area contributed by atoms with Crippen molar-refractivity contribution < 1.29 is 29.1 Å². The van der Waals surface area contributed by atoms with Gasteiger partial charge in [-0.1, -0.05) is 24.4 Å². The highest BCUT2D eigenvalue weighted by Gasteiger charge is 2.47. The van der Waals surface area contributed by atoms with E-state index in [9.17, 15) is 19.5 Å². The van der Waals surface area contributed by atoms with Crippen molar-refractivity contribution in [2.45, 2.75) is 56.6 Å². The molecule has 0 radical (unpaired) electrons. The Morgan fingerprint density at radius 2 is 1.90 bits per heavy atom. The molecule has 1 atom stereocenters. The van der Waals surface area contributed by atoms with Gasteiger partial charge < -0.3 is 30.5 Å². The smallest absolute Gasteiger partial charge is 0.268 e. The molecule has 0 saturated heterocycles. The summed E-state index contributed by atoms with van der Waals surface area (Å²) in [6, 6.07) is 6.65. The van der Waals surface area contributed by atoms with Crippen LogP contribution in [0, 0.1) is 0 Å². The zero-order valence-electron chi connectivity index (χ0n) is 16.0. The van der Waals surface area contributed by atoms with Crippen molar-refractivity contribution in [1.29, 1.82) is 0 Å². The van der Waals surface area contributed by atoms with Gasteiger partial charge in [-0.15, -0.1) is 0 Å². The summed E-state index contributed by atoms with van der Waals surface area (Å²) >= 11 is 0. The lowest BCUT2D eigenvalue weighted by Crippen LogP contribution is -2.53. The number of benzene rings is 1. The van der Waals surface area contributed by atoms with E-state index in [1.165, 1.54) is 0 Å². The van der Waals surface area contributed by atoms with Gasteiger partial charge in [0, 0.05) is 24.9 Å². The third-order valence-corrected chi connectivity index (χ3v) is 5.14. The molecule has 0 aromatic heterocycles. The lowest BCUT2D eigenvalue weighted by atomic mass is 9.88. The van der Waals surface area contributed by atoms with Crippen LogP contribution in [-0.4, -0.2) is 41.7 Å². The van der Waals surface area contributed by atoms with Crippen molar-refractivity contribution in [3.05, 3.63) is 29.8 Å². The van der Waals surface area contributed by atoms with E-state index < -0.39 is 29.8 Å². The van der Waals surface area contributed by atoms with Crippen LogP contribution in [0.4, 0.5) is 0 Å². The van der Waals surface area contributed by atoms with Gasteiger partial charge in [-0.05, 0) is 42.7 Å². The molecule has 9 heteroatoms. The van der Waals surface area contributed by atoms with Crippen LogP contribution in [0.1, 0.15) is 50.5 Å². The molecule has 0 bridgehead atoms. The molecule has 3 rings (SSSR count). The minimum atomic E-state index is -1.62. The van der Waals surface area contributed by atoms with Gasteiger partial charge in [-0.2, -0.15) is 0 Å². The van der Waals surface area contributed by atoms with Crippen LogP contribution in [0.15, 0.2) is 29.4 Å². The van der Waals surface area contributed by atoms with Gasteiger partial charge in [0.05, 0.1) is 5.71 Å². The lowest BCUT2D eigenvalue weighted by Gasteiger charge is -2.30. The molecule has 0 unspecified atom stereocenters. The fourth-order valence-electron chi connectivity index (χ4n) is 3.62. The number of amides is 2. The topological polar surface area (TPSA) is 143 Å². The monoisotopic (exact) mass is 402 g/mol. The highest BCUT2D eigenvalue weighted by molar-refractivity contribution is 6.06. The second-order valence-electron chi connectivity index (χ2n) is 7.44. The van der Waals surface area contributed by atoms with Crippen LogP contribution in [0.5, 0.6) is 5.75 Å². The molecule has 156 valence electrons. The van der Waals surface area contributed by atoms with E-state index in [-0.39, 0.29) is 19.1 Å². The first-order valence-corrected chi connectivity index (χ1v) is 9.65. The standard InChI is InChI=1S/C20H25N3O6/c21-17(24)12-28-15-8-6-13(7-9-15)16-10-20(29-23-16,11-18(25)26)19(27)22-14-4-2-1-3-5-14/h6-9,14H,1-5,10-12H2,(H2,21,24)(H,22,27)(H,25,26)/p-1/t20-/m0/s1. The number of aliphatic carboxylic acids is 1. The normalized spacial score (nSPS) is 21.7. The molecular formula is C20H24N3O6-. The minimum Gasteiger partial charge on any atom is -0.550 e. The second-order valence-corrected chi connectivity index (χ2v) is 7.44. The summed E-state index contributed by atoms with van der Waals surface area (Å²) in [5.74, 6) is -1.99. The first-order chi connectivity index (χ1) is 13.9. The van der Waals surface area contributed by atoms with E-state index >= 15 is 0 Å². The van der Waals surface area contributed by atoms with Gasteiger partial charge in [-0.3, -0.25) is 9.59 Å². The van der Waals surface area contributed by atoms with Gasteiger partial charge in [0.25, 0.3) is 11.8 Å². The Balaban J connectivity index is 1.69. The zero-order chi connectivity index (χ0) is 20.9. The van der Waals surface area contributed by atoms with Gasteiger partial charge in [0.1, 0.15) is 5.75 Å². The Bertz CT molecular complexity index is 801. The van der Waals surface area contributed by atoms with Crippen molar-refractivity contribution >= 4 is 23.5 Å². The molecule has 29 heavy (non-hydrogen) atoms. The maximum Gasteiger partial charge on any atom is 0.268 e. The average molecular weight is 402 g/mol. The number of hydrogen-bond acceptors (Lipinski definition) is 7. The largest absolute Gasteiger partial charge is 0.550 e. The highest BCUT2D eigenvalue weighted by Crippen LogP contribution is 2.31. The highest BCUT2D eigenvalue weighted by atomic mass is 16.7. The maximum atomic E-state index is 12.9. The number of ether oxygens (including phenoxy) is 1.